The molecule has 0 saturated heterocycles. The second kappa shape index (κ2) is 9.02. The van der Waals surface area contributed by atoms with E-state index in [1.165, 1.54) is 0 Å². The van der Waals surface area contributed by atoms with Gasteiger partial charge in [0.1, 0.15) is 5.78 Å². The second-order valence-corrected chi connectivity index (χ2v) is 6.93. The van der Waals surface area contributed by atoms with E-state index >= 15 is 0 Å². The largest absolute Gasteiger partial charge is 0.449 e. The predicted octanol–water partition coefficient (Wildman–Crippen LogP) is 4.85. The lowest BCUT2D eigenvalue weighted by Gasteiger charge is -2.23. The molecule has 0 unspecified atom stereocenters. The maximum Gasteiger partial charge on any atom is 0.411 e. The van der Waals surface area contributed by atoms with E-state index in [4.69, 9.17) is 4.74 Å². The van der Waals surface area contributed by atoms with E-state index in [1.54, 1.807) is 12.1 Å². The number of rotatable bonds is 8. The number of hydrogen-bond donors (Lipinski definition) is 1. The molecule has 0 aliphatic heterocycles. The summed E-state index contributed by atoms with van der Waals surface area (Å²) in [6.45, 7) is 4.06. The van der Waals surface area contributed by atoms with Crippen LogP contribution in [0.1, 0.15) is 32.3 Å². The van der Waals surface area contributed by atoms with E-state index in [2.05, 4.69) is 5.32 Å². The van der Waals surface area contributed by atoms with Crippen LogP contribution in [0.25, 0.3) is 0 Å². The van der Waals surface area contributed by atoms with Crippen molar-refractivity contribution < 1.29 is 14.3 Å². The molecule has 0 saturated carbocycles. The van der Waals surface area contributed by atoms with Gasteiger partial charge >= 0.3 is 6.09 Å². The van der Waals surface area contributed by atoms with Crippen LogP contribution in [0, 0.1) is 5.41 Å². The predicted molar refractivity (Wildman–Crippen MR) is 99.6 cm³/mol. The van der Waals surface area contributed by atoms with Gasteiger partial charge in [0.25, 0.3) is 0 Å². The minimum Gasteiger partial charge on any atom is -0.449 e. The number of aryl methyl sites for hydroxylation is 1. The van der Waals surface area contributed by atoms with Crippen molar-refractivity contribution in [2.75, 3.05) is 11.9 Å². The third kappa shape index (κ3) is 7.21. The van der Waals surface area contributed by atoms with Crippen molar-refractivity contribution in [1.82, 2.24) is 0 Å². The molecular weight excluding hydrogens is 314 g/mol. The first kappa shape index (κ1) is 18.7. The van der Waals surface area contributed by atoms with Crippen molar-refractivity contribution in [3.8, 4) is 0 Å². The number of benzene rings is 2. The van der Waals surface area contributed by atoms with Gasteiger partial charge in [-0.15, -0.1) is 0 Å². The number of Topliss-reactive ketones (excluding diaryl/α,β-unsaturated/α-hetero) is 1. The Hall–Kier alpha value is -2.62. The third-order valence-corrected chi connectivity index (χ3v) is 3.83. The molecule has 132 valence electrons. The molecule has 2 aromatic carbocycles. The van der Waals surface area contributed by atoms with Gasteiger partial charge in [0.2, 0.25) is 0 Å². The Balaban J connectivity index is 1.72. The van der Waals surface area contributed by atoms with Crippen LogP contribution >= 0.6 is 0 Å². The summed E-state index contributed by atoms with van der Waals surface area (Å²) in [6.07, 6.45) is 1.13. The fourth-order valence-corrected chi connectivity index (χ4v) is 2.54. The Morgan fingerprint density at radius 1 is 0.960 bits per heavy atom. The standard InChI is InChI=1S/C21H25NO3/c1-21(2,15-19(23)14-13-17-9-5-3-6-10-17)16-25-20(24)22-18-11-7-4-8-12-18/h3-12H,13-16H2,1-2H3,(H,22,24). The Morgan fingerprint density at radius 3 is 2.20 bits per heavy atom. The van der Waals surface area contributed by atoms with E-state index in [0.717, 1.165) is 12.0 Å². The summed E-state index contributed by atoms with van der Waals surface area (Å²) in [5, 5.41) is 2.67. The van der Waals surface area contributed by atoms with Crippen LogP contribution in [0.2, 0.25) is 0 Å². The lowest BCUT2D eigenvalue weighted by atomic mass is 9.87. The molecule has 0 fully saturated rings. The van der Waals surface area contributed by atoms with Crippen molar-refractivity contribution in [2.24, 2.45) is 5.41 Å². The minimum atomic E-state index is -0.504. The monoisotopic (exact) mass is 339 g/mol. The van der Waals surface area contributed by atoms with Gasteiger partial charge in [-0.1, -0.05) is 62.4 Å². The molecule has 0 aliphatic carbocycles. The van der Waals surface area contributed by atoms with Gasteiger partial charge in [-0.25, -0.2) is 4.79 Å². The van der Waals surface area contributed by atoms with Gasteiger partial charge in [-0.05, 0) is 24.1 Å². The number of ketones is 1. The Labute approximate surface area is 149 Å². The van der Waals surface area contributed by atoms with Crippen LogP contribution in [0.3, 0.4) is 0 Å². The van der Waals surface area contributed by atoms with E-state index in [9.17, 15) is 9.59 Å². The lowest BCUT2D eigenvalue weighted by molar-refractivity contribution is -0.121. The molecule has 0 radical (unpaired) electrons. The molecule has 1 N–H and O–H groups in total. The van der Waals surface area contributed by atoms with Crippen LogP contribution < -0.4 is 5.32 Å². The first-order chi connectivity index (χ1) is 11.9. The molecule has 2 aromatic rings. The normalized spacial score (nSPS) is 11.0. The summed E-state index contributed by atoms with van der Waals surface area (Å²) in [6, 6.07) is 19.1. The van der Waals surface area contributed by atoms with Gasteiger partial charge in [0.15, 0.2) is 0 Å². The Kier molecular flexibility index (Phi) is 6.75. The van der Waals surface area contributed by atoms with Gasteiger partial charge < -0.3 is 4.74 Å². The zero-order chi connectivity index (χ0) is 18.1. The number of ether oxygens (including phenoxy) is 1. The molecule has 0 heterocycles. The molecule has 0 atom stereocenters. The number of carbonyl (C=O) groups is 2. The van der Waals surface area contributed by atoms with Crippen molar-refractivity contribution in [2.45, 2.75) is 33.1 Å². The molecule has 0 aromatic heterocycles. The highest BCUT2D eigenvalue weighted by atomic mass is 16.5. The van der Waals surface area contributed by atoms with Crippen LogP contribution in [-0.4, -0.2) is 18.5 Å². The molecule has 0 bridgehead atoms. The number of nitrogens with one attached hydrogen (secondary N) is 1. The molecular formula is C21H25NO3. The van der Waals surface area contributed by atoms with Crippen molar-refractivity contribution in [1.29, 1.82) is 0 Å². The van der Waals surface area contributed by atoms with Gasteiger partial charge in [0, 0.05) is 23.9 Å². The topological polar surface area (TPSA) is 55.4 Å². The number of carbonyl (C=O) groups excluding carboxylic acids is 2. The van der Waals surface area contributed by atoms with Crippen LogP contribution in [0.15, 0.2) is 60.7 Å². The maximum atomic E-state index is 12.2. The summed E-state index contributed by atoms with van der Waals surface area (Å²) in [7, 11) is 0. The average Bonchev–Trinajstić information content (AvgIpc) is 2.60. The zero-order valence-electron chi connectivity index (χ0n) is 14.8. The quantitative estimate of drug-likeness (QED) is 0.748. The van der Waals surface area contributed by atoms with E-state index < -0.39 is 6.09 Å². The van der Waals surface area contributed by atoms with Crippen LogP contribution in [0.5, 0.6) is 0 Å². The maximum absolute atomic E-state index is 12.2. The first-order valence-corrected chi connectivity index (χ1v) is 8.49. The van der Waals surface area contributed by atoms with Crippen LogP contribution in [0.4, 0.5) is 10.5 Å². The van der Waals surface area contributed by atoms with Crippen molar-refractivity contribution >= 4 is 17.6 Å². The second-order valence-electron chi connectivity index (χ2n) is 6.93. The molecule has 1 amide bonds. The fourth-order valence-electron chi connectivity index (χ4n) is 2.54. The van der Waals surface area contributed by atoms with E-state index in [0.29, 0.717) is 18.5 Å². The molecule has 4 heteroatoms. The molecule has 2 rings (SSSR count). The average molecular weight is 339 g/mol. The number of amides is 1. The number of para-hydroxylation sites is 1. The lowest BCUT2D eigenvalue weighted by Crippen LogP contribution is -2.27. The van der Waals surface area contributed by atoms with Crippen molar-refractivity contribution in [3.05, 3.63) is 66.2 Å². The first-order valence-electron chi connectivity index (χ1n) is 8.49. The minimum absolute atomic E-state index is 0.181. The smallest absolute Gasteiger partial charge is 0.411 e. The number of hydrogen-bond acceptors (Lipinski definition) is 3. The fraction of sp³-hybridized carbons (Fsp3) is 0.333. The SMILES string of the molecule is CC(C)(COC(=O)Nc1ccccc1)CC(=O)CCc1ccccc1. The Morgan fingerprint density at radius 2 is 1.56 bits per heavy atom. The van der Waals surface area contributed by atoms with Crippen LogP contribution in [-0.2, 0) is 16.0 Å². The molecule has 25 heavy (non-hydrogen) atoms. The third-order valence-electron chi connectivity index (χ3n) is 3.83. The summed E-state index contributed by atoms with van der Waals surface area (Å²) in [5.41, 5.74) is 1.46. The van der Waals surface area contributed by atoms with E-state index in [-0.39, 0.29) is 17.8 Å². The molecule has 4 nitrogen and oxygen atoms in total. The number of anilines is 1. The van der Waals surface area contributed by atoms with Gasteiger partial charge in [0.05, 0.1) is 6.61 Å². The summed E-state index contributed by atoms with van der Waals surface area (Å²) in [4.78, 5) is 24.0. The zero-order valence-corrected chi connectivity index (χ0v) is 14.8. The molecule has 0 aliphatic rings. The summed E-state index contributed by atoms with van der Waals surface area (Å²) < 4.78 is 5.27. The van der Waals surface area contributed by atoms with E-state index in [1.807, 2.05) is 62.4 Å². The van der Waals surface area contributed by atoms with Gasteiger partial charge in [-0.2, -0.15) is 0 Å². The highest BCUT2D eigenvalue weighted by molar-refractivity contribution is 5.84. The summed E-state index contributed by atoms with van der Waals surface area (Å²) >= 11 is 0. The van der Waals surface area contributed by atoms with Crippen molar-refractivity contribution in [3.63, 3.8) is 0 Å². The Bertz CT molecular complexity index is 681. The highest BCUT2D eigenvalue weighted by Gasteiger charge is 2.24. The highest BCUT2D eigenvalue weighted by Crippen LogP contribution is 2.23. The molecule has 0 spiro atoms. The van der Waals surface area contributed by atoms with Gasteiger partial charge in [-0.3, -0.25) is 10.1 Å². The summed E-state index contributed by atoms with van der Waals surface area (Å²) in [5.74, 6) is 0.181.